The van der Waals surface area contributed by atoms with Crippen molar-refractivity contribution in [1.29, 1.82) is 0 Å². The first-order chi connectivity index (χ1) is 12.0. The van der Waals surface area contributed by atoms with Crippen LogP contribution in [0.2, 0.25) is 0 Å². The molecule has 0 fully saturated rings. The lowest BCUT2D eigenvalue weighted by molar-refractivity contribution is 0.1000. The number of nitrogens with zero attached hydrogens (tertiary/aromatic N) is 1. The molecule has 0 spiro atoms. The van der Waals surface area contributed by atoms with Crippen LogP contribution >= 0.6 is 11.3 Å². The third-order valence-corrected chi connectivity index (χ3v) is 5.45. The van der Waals surface area contributed by atoms with Crippen LogP contribution in [0.15, 0.2) is 18.3 Å². The summed E-state index contributed by atoms with van der Waals surface area (Å²) in [5.74, 6) is -0.0133. The van der Waals surface area contributed by atoms with E-state index in [2.05, 4.69) is 17.2 Å². The van der Waals surface area contributed by atoms with Crippen molar-refractivity contribution >= 4 is 28.2 Å². The second kappa shape index (κ2) is 7.23. The van der Waals surface area contributed by atoms with Gasteiger partial charge in [-0.05, 0) is 49.8 Å². The topological polar surface area (TPSA) is 94.3 Å². The van der Waals surface area contributed by atoms with E-state index in [-0.39, 0.29) is 11.8 Å². The third kappa shape index (κ3) is 3.51. The zero-order valence-corrected chi connectivity index (χ0v) is 15.1. The minimum absolute atomic E-state index is 0.276. The molecule has 0 aliphatic heterocycles. The fraction of sp³-hybridized carbons (Fsp3) is 0.389. The van der Waals surface area contributed by atoms with Crippen molar-refractivity contribution in [3.05, 3.63) is 39.9 Å². The van der Waals surface area contributed by atoms with Crippen molar-refractivity contribution in [2.45, 2.75) is 33.1 Å². The summed E-state index contributed by atoms with van der Waals surface area (Å²) in [4.78, 5) is 29.9. The maximum atomic E-state index is 12.7. The van der Waals surface area contributed by atoms with Gasteiger partial charge in [0.25, 0.3) is 11.8 Å². The molecular formula is C18H21N3O3S. The standard InChI is InChI=1S/C18H21N3O3S/c1-3-24-17-12(5-4-8-20-17)16(23)21-18-14(15(19)22)11-7-6-10(2)9-13(11)25-18/h4-5,8,10H,3,6-7,9H2,1-2H3,(H2,19,22)(H,21,23)/t10-/m0/s1. The Morgan fingerprint density at radius 3 is 3.00 bits per heavy atom. The van der Waals surface area contributed by atoms with Crippen molar-refractivity contribution in [1.82, 2.24) is 4.98 Å². The van der Waals surface area contributed by atoms with Crippen LogP contribution in [0.1, 0.15) is 51.4 Å². The SMILES string of the molecule is CCOc1ncccc1C(=O)Nc1sc2c(c1C(N)=O)CC[C@H](C)C2. The summed E-state index contributed by atoms with van der Waals surface area (Å²) < 4.78 is 5.41. The quantitative estimate of drug-likeness (QED) is 0.858. The number of thiophene rings is 1. The van der Waals surface area contributed by atoms with Crippen LogP contribution in [0.25, 0.3) is 0 Å². The van der Waals surface area contributed by atoms with Gasteiger partial charge in [0.15, 0.2) is 0 Å². The highest BCUT2D eigenvalue weighted by Gasteiger charge is 2.27. The molecule has 0 radical (unpaired) electrons. The van der Waals surface area contributed by atoms with E-state index < -0.39 is 5.91 Å². The molecule has 0 saturated carbocycles. The highest BCUT2D eigenvalue weighted by atomic mass is 32.1. The van der Waals surface area contributed by atoms with E-state index in [1.54, 1.807) is 18.3 Å². The van der Waals surface area contributed by atoms with Crippen LogP contribution in [0.3, 0.4) is 0 Å². The number of hydrogen-bond acceptors (Lipinski definition) is 5. The number of nitrogens with two attached hydrogens (primary N) is 1. The molecule has 2 aromatic rings. The minimum atomic E-state index is -0.501. The Morgan fingerprint density at radius 2 is 2.28 bits per heavy atom. The number of fused-ring (bicyclic) bond motifs is 1. The lowest BCUT2D eigenvalue weighted by atomic mass is 9.88. The van der Waals surface area contributed by atoms with E-state index in [9.17, 15) is 9.59 Å². The number of aromatic nitrogens is 1. The first-order valence-electron chi connectivity index (χ1n) is 8.34. The van der Waals surface area contributed by atoms with Gasteiger partial charge >= 0.3 is 0 Å². The lowest BCUT2D eigenvalue weighted by Gasteiger charge is -2.18. The van der Waals surface area contributed by atoms with Crippen molar-refractivity contribution < 1.29 is 14.3 Å². The smallest absolute Gasteiger partial charge is 0.261 e. The van der Waals surface area contributed by atoms with Crippen LogP contribution in [0, 0.1) is 5.92 Å². The minimum Gasteiger partial charge on any atom is -0.477 e. The second-order valence-electron chi connectivity index (χ2n) is 6.16. The molecule has 6 nitrogen and oxygen atoms in total. The first-order valence-corrected chi connectivity index (χ1v) is 9.16. The van der Waals surface area contributed by atoms with Gasteiger partial charge in [-0.15, -0.1) is 11.3 Å². The number of amides is 2. The number of rotatable bonds is 5. The predicted molar refractivity (Wildman–Crippen MR) is 97.4 cm³/mol. The summed E-state index contributed by atoms with van der Waals surface area (Å²) in [5, 5.41) is 3.35. The molecule has 0 saturated heterocycles. The highest BCUT2D eigenvalue weighted by Crippen LogP contribution is 2.39. The number of pyridine rings is 1. The first kappa shape index (κ1) is 17.4. The molecule has 25 heavy (non-hydrogen) atoms. The van der Waals surface area contributed by atoms with Gasteiger partial charge in [-0.3, -0.25) is 9.59 Å². The summed E-state index contributed by atoms with van der Waals surface area (Å²) in [5.41, 5.74) is 7.36. The molecule has 0 aromatic carbocycles. The van der Waals surface area contributed by atoms with Crippen LogP contribution in [-0.4, -0.2) is 23.4 Å². The molecule has 0 unspecified atom stereocenters. The summed E-state index contributed by atoms with van der Waals surface area (Å²) in [6.45, 7) is 4.43. The van der Waals surface area contributed by atoms with Gasteiger partial charge in [0.1, 0.15) is 10.6 Å². The summed E-state index contributed by atoms with van der Waals surface area (Å²) >= 11 is 1.44. The Kier molecular flexibility index (Phi) is 5.03. The molecule has 7 heteroatoms. The normalized spacial score (nSPS) is 16.2. The van der Waals surface area contributed by atoms with Crippen LogP contribution in [-0.2, 0) is 12.8 Å². The van der Waals surface area contributed by atoms with Gasteiger partial charge in [-0.2, -0.15) is 0 Å². The molecular weight excluding hydrogens is 338 g/mol. The predicted octanol–water partition coefficient (Wildman–Crippen LogP) is 3.02. The average Bonchev–Trinajstić information content (AvgIpc) is 2.92. The summed E-state index contributed by atoms with van der Waals surface area (Å²) in [6.07, 6.45) is 4.32. The largest absolute Gasteiger partial charge is 0.477 e. The maximum absolute atomic E-state index is 12.7. The molecule has 2 heterocycles. The molecule has 2 aromatic heterocycles. The fourth-order valence-electron chi connectivity index (χ4n) is 3.09. The molecule has 1 aliphatic carbocycles. The monoisotopic (exact) mass is 359 g/mol. The number of carbonyl (C=O) groups excluding carboxylic acids is 2. The van der Waals surface area contributed by atoms with Crippen LogP contribution in [0.4, 0.5) is 5.00 Å². The van der Waals surface area contributed by atoms with Gasteiger partial charge in [-0.25, -0.2) is 4.98 Å². The molecule has 3 N–H and O–H groups in total. The highest BCUT2D eigenvalue weighted by molar-refractivity contribution is 7.17. The number of primary amides is 1. The number of ether oxygens (including phenoxy) is 1. The van der Waals surface area contributed by atoms with E-state index in [1.807, 2.05) is 6.92 Å². The van der Waals surface area contributed by atoms with E-state index in [1.165, 1.54) is 11.3 Å². The van der Waals surface area contributed by atoms with Crippen LogP contribution in [0.5, 0.6) is 5.88 Å². The van der Waals surface area contributed by atoms with Gasteiger partial charge in [0, 0.05) is 11.1 Å². The third-order valence-electron chi connectivity index (χ3n) is 4.28. The Balaban J connectivity index is 1.93. The number of hydrogen-bond donors (Lipinski definition) is 2. The Hall–Kier alpha value is -2.41. The van der Waals surface area contributed by atoms with Crippen molar-refractivity contribution in [2.75, 3.05) is 11.9 Å². The van der Waals surface area contributed by atoms with E-state index in [0.29, 0.717) is 28.7 Å². The molecule has 132 valence electrons. The van der Waals surface area contributed by atoms with E-state index in [4.69, 9.17) is 10.5 Å². The van der Waals surface area contributed by atoms with Crippen molar-refractivity contribution in [2.24, 2.45) is 11.7 Å². The van der Waals surface area contributed by atoms with Crippen LogP contribution < -0.4 is 15.8 Å². The number of nitrogens with one attached hydrogen (secondary N) is 1. The Labute approximate surface area is 150 Å². The molecule has 1 aliphatic rings. The molecule has 0 bridgehead atoms. The van der Waals surface area contributed by atoms with Crippen molar-refractivity contribution in [3.63, 3.8) is 0 Å². The second-order valence-corrected chi connectivity index (χ2v) is 7.27. The number of carbonyl (C=O) groups is 2. The van der Waals surface area contributed by atoms with Gasteiger partial charge in [-0.1, -0.05) is 6.92 Å². The van der Waals surface area contributed by atoms with Gasteiger partial charge in [0.2, 0.25) is 5.88 Å². The zero-order valence-electron chi connectivity index (χ0n) is 14.3. The summed E-state index contributed by atoms with van der Waals surface area (Å²) in [6, 6.07) is 3.32. The summed E-state index contributed by atoms with van der Waals surface area (Å²) in [7, 11) is 0. The molecule has 3 rings (SSSR count). The van der Waals surface area contributed by atoms with Gasteiger partial charge in [0.05, 0.1) is 12.2 Å². The average molecular weight is 359 g/mol. The number of anilines is 1. The molecule has 1 atom stereocenters. The maximum Gasteiger partial charge on any atom is 0.261 e. The fourth-order valence-corrected chi connectivity index (χ4v) is 4.50. The van der Waals surface area contributed by atoms with Crippen molar-refractivity contribution in [3.8, 4) is 5.88 Å². The Bertz CT molecular complexity index is 816. The van der Waals surface area contributed by atoms with E-state index in [0.717, 1.165) is 29.7 Å². The zero-order chi connectivity index (χ0) is 18.0. The van der Waals surface area contributed by atoms with E-state index >= 15 is 0 Å². The Morgan fingerprint density at radius 1 is 1.48 bits per heavy atom. The van der Waals surface area contributed by atoms with Gasteiger partial charge < -0.3 is 15.8 Å². The lowest BCUT2D eigenvalue weighted by Crippen LogP contribution is -2.20. The molecule has 2 amide bonds.